The highest BCUT2D eigenvalue weighted by atomic mass is 16.5. The van der Waals surface area contributed by atoms with Crippen molar-refractivity contribution < 1.29 is 14.3 Å². The molecule has 4 nitrogen and oxygen atoms in total. The molecule has 2 aromatic rings. The fourth-order valence-corrected chi connectivity index (χ4v) is 1.85. The first-order valence-corrected chi connectivity index (χ1v) is 6.63. The van der Waals surface area contributed by atoms with Crippen LogP contribution in [0.4, 0.5) is 5.69 Å². The number of nitrogens with one attached hydrogen (secondary N) is 1. The van der Waals surface area contributed by atoms with Crippen molar-refractivity contribution in [2.75, 3.05) is 11.9 Å². The van der Waals surface area contributed by atoms with Crippen LogP contribution in [0.5, 0.6) is 5.75 Å². The number of anilines is 1. The van der Waals surface area contributed by atoms with Gasteiger partial charge in [-0.15, -0.1) is 0 Å². The zero-order chi connectivity index (χ0) is 15.2. The normalized spacial score (nSPS) is 10.0. The van der Waals surface area contributed by atoms with E-state index in [-0.39, 0.29) is 12.5 Å². The molecule has 108 valence electrons. The number of hydrogen-bond donors (Lipinski definition) is 1. The number of carbonyl (C=O) groups is 2. The van der Waals surface area contributed by atoms with Crippen LogP contribution in [0.15, 0.2) is 42.5 Å². The van der Waals surface area contributed by atoms with Crippen LogP contribution in [0.2, 0.25) is 0 Å². The second kappa shape index (κ2) is 6.70. The molecule has 0 heterocycles. The molecule has 0 aliphatic heterocycles. The van der Waals surface area contributed by atoms with Crippen LogP contribution in [0.25, 0.3) is 0 Å². The molecular weight excluding hydrogens is 266 g/mol. The van der Waals surface area contributed by atoms with E-state index in [0.29, 0.717) is 11.3 Å². The summed E-state index contributed by atoms with van der Waals surface area (Å²) in [6.07, 6.45) is 0.761. The van der Waals surface area contributed by atoms with Gasteiger partial charge in [0, 0.05) is 11.3 Å². The molecular formula is C17H17NO3. The van der Waals surface area contributed by atoms with Crippen LogP contribution in [0.3, 0.4) is 0 Å². The molecule has 0 radical (unpaired) electrons. The number of amides is 1. The maximum atomic E-state index is 11.9. The van der Waals surface area contributed by atoms with E-state index in [4.69, 9.17) is 4.74 Å². The Morgan fingerprint density at radius 2 is 1.86 bits per heavy atom. The van der Waals surface area contributed by atoms with E-state index in [2.05, 4.69) is 5.32 Å². The molecule has 2 rings (SSSR count). The van der Waals surface area contributed by atoms with Gasteiger partial charge < -0.3 is 10.1 Å². The Bertz CT molecular complexity index is 648. The van der Waals surface area contributed by atoms with Gasteiger partial charge in [0.05, 0.1) is 0 Å². The van der Waals surface area contributed by atoms with E-state index in [1.54, 1.807) is 24.3 Å². The van der Waals surface area contributed by atoms with Crippen molar-refractivity contribution in [2.24, 2.45) is 0 Å². The van der Waals surface area contributed by atoms with E-state index in [9.17, 15) is 9.59 Å². The molecule has 21 heavy (non-hydrogen) atoms. The summed E-state index contributed by atoms with van der Waals surface area (Å²) >= 11 is 0. The lowest BCUT2D eigenvalue weighted by atomic mass is 10.1. The summed E-state index contributed by atoms with van der Waals surface area (Å²) in [6.45, 7) is 3.84. The molecule has 0 bridgehead atoms. The standard InChI is InChI=1S/C17H17NO3/c1-12-3-4-13(2)16(9-12)18-17(20)11-21-15-7-5-14(10-19)6-8-15/h3-10H,11H2,1-2H3,(H,18,20). The predicted molar refractivity (Wildman–Crippen MR) is 81.9 cm³/mol. The highest BCUT2D eigenvalue weighted by Crippen LogP contribution is 2.16. The van der Waals surface area contributed by atoms with E-state index < -0.39 is 0 Å². The third-order valence-corrected chi connectivity index (χ3v) is 3.05. The molecule has 0 atom stereocenters. The van der Waals surface area contributed by atoms with Gasteiger partial charge in [0.15, 0.2) is 6.61 Å². The first-order chi connectivity index (χ1) is 10.1. The van der Waals surface area contributed by atoms with Crippen molar-refractivity contribution in [3.63, 3.8) is 0 Å². The molecule has 0 aliphatic carbocycles. The van der Waals surface area contributed by atoms with E-state index in [1.165, 1.54) is 0 Å². The summed E-state index contributed by atoms with van der Waals surface area (Å²) in [5.41, 5.74) is 3.45. The van der Waals surface area contributed by atoms with Gasteiger partial charge in [-0.1, -0.05) is 12.1 Å². The lowest BCUT2D eigenvalue weighted by Crippen LogP contribution is -2.20. The molecule has 0 saturated heterocycles. The van der Waals surface area contributed by atoms with Crippen molar-refractivity contribution in [3.05, 3.63) is 59.2 Å². The number of benzene rings is 2. The lowest BCUT2D eigenvalue weighted by molar-refractivity contribution is -0.118. The summed E-state index contributed by atoms with van der Waals surface area (Å²) < 4.78 is 5.38. The maximum Gasteiger partial charge on any atom is 0.262 e. The third-order valence-electron chi connectivity index (χ3n) is 3.05. The number of carbonyl (C=O) groups excluding carboxylic acids is 2. The Kier molecular flexibility index (Phi) is 4.72. The molecule has 4 heteroatoms. The summed E-state index contributed by atoms with van der Waals surface area (Å²) in [7, 11) is 0. The Labute approximate surface area is 123 Å². The molecule has 0 aromatic heterocycles. The molecule has 1 amide bonds. The van der Waals surface area contributed by atoms with Gasteiger partial charge in [-0.2, -0.15) is 0 Å². The Morgan fingerprint density at radius 3 is 2.52 bits per heavy atom. The maximum absolute atomic E-state index is 11.9. The van der Waals surface area contributed by atoms with Gasteiger partial charge in [-0.25, -0.2) is 0 Å². The monoisotopic (exact) mass is 283 g/mol. The van der Waals surface area contributed by atoms with Gasteiger partial charge in [0.25, 0.3) is 5.91 Å². The largest absolute Gasteiger partial charge is 0.484 e. The van der Waals surface area contributed by atoms with Crippen molar-refractivity contribution >= 4 is 17.9 Å². The van der Waals surface area contributed by atoms with Crippen LogP contribution in [-0.4, -0.2) is 18.8 Å². The average Bonchev–Trinajstić information content (AvgIpc) is 2.49. The Hall–Kier alpha value is -2.62. The third kappa shape index (κ3) is 4.18. The lowest BCUT2D eigenvalue weighted by Gasteiger charge is -2.10. The first-order valence-electron chi connectivity index (χ1n) is 6.63. The minimum Gasteiger partial charge on any atom is -0.484 e. The Morgan fingerprint density at radius 1 is 1.14 bits per heavy atom. The van der Waals surface area contributed by atoms with Crippen molar-refractivity contribution in [1.82, 2.24) is 0 Å². The molecule has 0 saturated carbocycles. The van der Waals surface area contributed by atoms with E-state index in [0.717, 1.165) is 23.1 Å². The zero-order valence-corrected chi connectivity index (χ0v) is 12.1. The number of ether oxygens (including phenoxy) is 1. The van der Waals surface area contributed by atoms with Crippen LogP contribution in [-0.2, 0) is 4.79 Å². The first kappa shape index (κ1) is 14.8. The summed E-state index contributed by atoms with van der Waals surface area (Å²) in [6, 6.07) is 12.5. The minimum absolute atomic E-state index is 0.0756. The van der Waals surface area contributed by atoms with Crippen LogP contribution < -0.4 is 10.1 Å². The summed E-state index contributed by atoms with van der Waals surface area (Å²) in [5, 5.41) is 2.82. The van der Waals surface area contributed by atoms with E-state index in [1.807, 2.05) is 32.0 Å². The molecule has 2 aromatic carbocycles. The van der Waals surface area contributed by atoms with Gasteiger partial charge in [0.1, 0.15) is 12.0 Å². The van der Waals surface area contributed by atoms with E-state index >= 15 is 0 Å². The number of hydrogen-bond acceptors (Lipinski definition) is 3. The predicted octanol–water partition coefficient (Wildman–Crippen LogP) is 3.13. The van der Waals surface area contributed by atoms with Gasteiger partial charge in [-0.05, 0) is 55.3 Å². The Balaban J connectivity index is 1.92. The highest BCUT2D eigenvalue weighted by molar-refractivity contribution is 5.92. The SMILES string of the molecule is Cc1ccc(C)c(NC(=O)COc2ccc(C=O)cc2)c1. The van der Waals surface area contributed by atoms with Gasteiger partial charge in [0.2, 0.25) is 0 Å². The minimum atomic E-state index is -0.219. The fraction of sp³-hybridized carbons (Fsp3) is 0.176. The van der Waals surface area contributed by atoms with Crippen LogP contribution in [0.1, 0.15) is 21.5 Å². The van der Waals surface area contributed by atoms with Crippen LogP contribution in [0, 0.1) is 13.8 Å². The molecule has 0 aliphatic rings. The topological polar surface area (TPSA) is 55.4 Å². The summed E-state index contributed by atoms with van der Waals surface area (Å²) in [5.74, 6) is 0.333. The smallest absolute Gasteiger partial charge is 0.262 e. The fourth-order valence-electron chi connectivity index (χ4n) is 1.85. The van der Waals surface area contributed by atoms with Crippen molar-refractivity contribution in [1.29, 1.82) is 0 Å². The van der Waals surface area contributed by atoms with Crippen molar-refractivity contribution in [2.45, 2.75) is 13.8 Å². The summed E-state index contributed by atoms with van der Waals surface area (Å²) in [4.78, 5) is 22.4. The highest BCUT2D eigenvalue weighted by Gasteiger charge is 2.06. The van der Waals surface area contributed by atoms with Gasteiger partial charge in [-0.3, -0.25) is 9.59 Å². The molecule has 1 N–H and O–H groups in total. The number of rotatable bonds is 5. The second-order valence-corrected chi connectivity index (χ2v) is 4.84. The van der Waals surface area contributed by atoms with Gasteiger partial charge >= 0.3 is 0 Å². The number of aryl methyl sites for hydroxylation is 2. The van der Waals surface area contributed by atoms with Crippen LogP contribution >= 0.6 is 0 Å². The van der Waals surface area contributed by atoms with Crippen molar-refractivity contribution in [3.8, 4) is 5.75 Å². The average molecular weight is 283 g/mol. The quantitative estimate of drug-likeness (QED) is 0.858. The molecule has 0 unspecified atom stereocenters. The molecule has 0 spiro atoms. The second-order valence-electron chi connectivity index (χ2n) is 4.84. The molecule has 0 fully saturated rings. The zero-order valence-electron chi connectivity index (χ0n) is 12.1. The number of aldehydes is 1.